The minimum absolute atomic E-state index is 0.226. The molecular formula is C13H25N3O. The first-order valence-electron chi connectivity index (χ1n) is 6.22. The summed E-state index contributed by atoms with van der Waals surface area (Å²) in [4.78, 5) is 4.36. The molecule has 0 amide bonds. The van der Waals surface area contributed by atoms with E-state index in [2.05, 4.69) is 42.6 Å². The number of nitrogens with one attached hydrogen (secondary N) is 1. The number of imidazole rings is 1. The molecule has 0 fully saturated rings. The summed E-state index contributed by atoms with van der Waals surface area (Å²) in [6.45, 7) is 10.6. The molecule has 1 unspecified atom stereocenters. The Bertz CT molecular complexity index is 328. The lowest BCUT2D eigenvalue weighted by molar-refractivity contribution is 0.197. The fourth-order valence-electron chi connectivity index (χ4n) is 1.60. The Kier molecular flexibility index (Phi) is 5.00. The first-order valence-corrected chi connectivity index (χ1v) is 6.22. The summed E-state index contributed by atoms with van der Waals surface area (Å²) >= 11 is 0. The number of anilines is 1. The summed E-state index contributed by atoms with van der Waals surface area (Å²) in [5.41, 5.74) is 0.226. The maximum atomic E-state index is 5.03. The van der Waals surface area contributed by atoms with Crippen LogP contribution in [0.25, 0.3) is 0 Å². The number of nitrogens with zero attached hydrogens (tertiary/aromatic N) is 2. The van der Waals surface area contributed by atoms with E-state index in [9.17, 15) is 0 Å². The molecule has 0 aliphatic heterocycles. The fourth-order valence-corrected chi connectivity index (χ4v) is 1.60. The molecule has 1 atom stereocenters. The van der Waals surface area contributed by atoms with Gasteiger partial charge >= 0.3 is 0 Å². The second-order valence-electron chi connectivity index (χ2n) is 5.47. The van der Waals surface area contributed by atoms with Crippen LogP contribution in [0.4, 0.5) is 5.95 Å². The largest absolute Gasteiger partial charge is 0.385 e. The predicted molar refractivity (Wildman–Crippen MR) is 71.4 cm³/mol. The van der Waals surface area contributed by atoms with Gasteiger partial charge < -0.3 is 14.6 Å². The van der Waals surface area contributed by atoms with Gasteiger partial charge in [-0.1, -0.05) is 20.8 Å². The molecule has 4 nitrogen and oxygen atoms in total. The molecule has 0 saturated carbocycles. The molecule has 1 N–H and O–H groups in total. The van der Waals surface area contributed by atoms with Gasteiger partial charge in [0.15, 0.2) is 0 Å². The van der Waals surface area contributed by atoms with E-state index in [-0.39, 0.29) is 5.41 Å². The van der Waals surface area contributed by atoms with E-state index in [1.165, 1.54) is 0 Å². The van der Waals surface area contributed by atoms with Crippen LogP contribution in [0.15, 0.2) is 12.4 Å². The van der Waals surface area contributed by atoms with E-state index in [4.69, 9.17) is 4.74 Å². The standard InChI is InChI=1S/C13H25N3O/c1-11(13(2,3)4)16-9-8-15-12(16)14-7-6-10-17-5/h8-9,11H,6-7,10H2,1-5H3,(H,14,15). The molecule has 4 heteroatoms. The average Bonchev–Trinajstić information content (AvgIpc) is 2.70. The number of ether oxygens (including phenoxy) is 1. The molecule has 17 heavy (non-hydrogen) atoms. The Labute approximate surface area is 104 Å². The van der Waals surface area contributed by atoms with Gasteiger partial charge in [-0.25, -0.2) is 4.98 Å². The zero-order valence-electron chi connectivity index (χ0n) is 11.7. The average molecular weight is 239 g/mol. The van der Waals surface area contributed by atoms with Crippen LogP contribution in [0.1, 0.15) is 40.2 Å². The van der Waals surface area contributed by atoms with Gasteiger partial charge in [-0.15, -0.1) is 0 Å². The quantitative estimate of drug-likeness (QED) is 0.776. The van der Waals surface area contributed by atoms with Crippen molar-refractivity contribution in [2.75, 3.05) is 25.6 Å². The molecule has 0 aromatic carbocycles. The predicted octanol–water partition coefficient (Wildman–Crippen LogP) is 2.94. The molecule has 1 aromatic rings. The monoisotopic (exact) mass is 239 g/mol. The molecule has 0 spiro atoms. The lowest BCUT2D eigenvalue weighted by atomic mass is 9.88. The maximum absolute atomic E-state index is 5.03. The highest BCUT2D eigenvalue weighted by Gasteiger charge is 2.23. The third-order valence-electron chi connectivity index (χ3n) is 3.15. The Morgan fingerprint density at radius 2 is 2.18 bits per heavy atom. The van der Waals surface area contributed by atoms with E-state index in [1.807, 2.05) is 12.4 Å². The van der Waals surface area contributed by atoms with Crippen molar-refractivity contribution in [3.63, 3.8) is 0 Å². The third kappa shape index (κ3) is 4.04. The summed E-state index contributed by atoms with van der Waals surface area (Å²) in [5, 5.41) is 3.35. The highest BCUT2D eigenvalue weighted by molar-refractivity contribution is 5.26. The van der Waals surface area contributed by atoms with Crippen molar-refractivity contribution in [2.45, 2.75) is 40.2 Å². The first-order chi connectivity index (χ1) is 7.96. The van der Waals surface area contributed by atoms with E-state index in [0.717, 1.165) is 25.5 Å². The Morgan fingerprint density at radius 1 is 1.47 bits per heavy atom. The molecule has 0 aliphatic carbocycles. The highest BCUT2D eigenvalue weighted by atomic mass is 16.5. The van der Waals surface area contributed by atoms with E-state index in [1.54, 1.807) is 7.11 Å². The number of hydrogen-bond acceptors (Lipinski definition) is 3. The maximum Gasteiger partial charge on any atom is 0.203 e. The van der Waals surface area contributed by atoms with Crippen molar-refractivity contribution in [2.24, 2.45) is 5.41 Å². The van der Waals surface area contributed by atoms with Gasteiger partial charge in [0, 0.05) is 38.7 Å². The zero-order valence-corrected chi connectivity index (χ0v) is 11.7. The summed E-state index contributed by atoms with van der Waals surface area (Å²) in [5.74, 6) is 0.948. The van der Waals surface area contributed by atoms with Crippen molar-refractivity contribution >= 4 is 5.95 Å². The minimum Gasteiger partial charge on any atom is -0.385 e. The zero-order chi connectivity index (χ0) is 12.9. The molecule has 1 heterocycles. The Morgan fingerprint density at radius 3 is 2.76 bits per heavy atom. The molecule has 98 valence electrons. The number of methoxy groups -OCH3 is 1. The molecule has 1 rings (SSSR count). The summed E-state index contributed by atoms with van der Waals surface area (Å²) in [6.07, 6.45) is 4.88. The SMILES string of the molecule is COCCCNc1nccn1C(C)C(C)(C)C. The van der Waals surface area contributed by atoms with Crippen molar-refractivity contribution in [3.05, 3.63) is 12.4 Å². The second-order valence-corrected chi connectivity index (χ2v) is 5.47. The number of rotatable bonds is 6. The van der Waals surface area contributed by atoms with Crippen LogP contribution in [-0.4, -0.2) is 29.8 Å². The van der Waals surface area contributed by atoms with E-state index >= 15 is 0 Å². The molecular weight excluding hydrogens is 214 g/mol. The fraction of sp³-hybridized carbons (Fsp3) is 0.769. The van der Waals surface area contributed by atoms with Gasteiger partial charge in [-0.05, 0) is 18.8 Å². The van der Waals surface area contributed by atoms with Crippen molar-refractivity contribution in [3.8, 4) is 0 Å². The summed E-state index contributed by atoms with van der Waals surface area (Å²) in [6, 6.07) is 0.412. The Hall–Kier alpha value is -1.03. The lowest BCUT2D eigenvalue weighted by Gasteiger charge is -2.29. The molecule has 0 bridgehead atoms. The van der Waals surface area contributed by atoms with Crippen LogP contribution < -0.4 is 5.32 Å². The van der Waals surface area contributed by atoms with Crippen LogP contribution in [-0.2, 0) is 4.74 Å². The summed E-state index contributed by atoms with van der Waals surface area (Å²) in [7, 11) is 1.72. The number of aromatic nitrogens is 2. The number of hydrogen-bond donors (Lipinski definition) is 1. The van der Waals surface area contributed by atoms with Crippen molar-refractivity contribution in [1.29, 1.82) is 0 Å². The first kappa shape index (κ1) is 14.0. The molecule has 0 saturated heterocycles. The summed E-state index contributed by atoms with van der Waals surface area (Å²) < 4.78 is 7.23. The second kappa shape index (κ2) is 6.05. The van der Waals surface area contributed by atoms with Gasteiger partial charge in [0.2, 0.25) is 5.95 Å². The van der Waals surface area contributed by atoms with Gasteiger partial charge in [-0.2, -0.15) is 0 Å². The third-order valence-corrected chi connectivity index (χ3v) is 3.15. The minimum atomic E-state index is 0.226. The van der Waals surface area contributed by atoms with Gasteiger partial charge in [0.25, 0.3) is 0 Å². The van der Waals surface area contributed by atoms with Crippen molar-refractivity contribution in [1.82, 2.24) is 9.55 Å². The Balaban J connectivity index is 2.60. The molecule has 0 aliphatic rings. The molecule has 1 aromatic heterocycles. The van der Waals surface area contributed by atoms with Crippen LogP contribution >= 0.6 is 0 Å². The van der Waals surface area contributed by atoms with Crippen LogP contribution in [0.2, 0.25) is 0 Å². The lowest BCUT2D eigenvalue weighted by Crippen LogP contribution is -2.23. The normalized spacial score (nSPS) is 13.7. The molecule has 0 radical (unpaired) electrons. The smallest absolute Gasteiger partial charge is 0.203 e. The van der Waals surface area contributed by atoms with Crippen molar-refractivity contribution < 1.29 is 4.74 Å². The van der Waals surface area contributed by atoms with Gasteiger partial charge in [0.1, 0.15) is 0 Å². The van der Waals surface area contributed by atoms with Crippen LogP contribution in [0, 0.1) is 5.41 Å². The van der Waals surface area contributed by atoms with Crippen LogP contribution in [0.5, 0.6) is 0 Å². The van der Waals surface area contributed by atoms with Crippen LogP contribution in [0.3, 0.4) is 0 Å². The van der Waals surface area contributed by atoms with Gasteiger partial charge in [-0.3, -0.25) is 0 Å². The highest BCUT2D eigenvalue weighted by Crippen LogP contribution is 2.31. The topological polar surface area (TPSA) is 39.1 Å². The van der Waals surface area contributed by atoms with E-state index in [0.29, 0.717) is 6.04 Å². The van der Waals surface area contributed by atoms with E-state index < -0.39 is 0 Å². The van der Waals surface area contributed by atoms with Gasteiger partial charge in [0.05, 0.1) is 0 Å².